The lowest BCUT2D eigenvalue weighted by Gasteiger charge is -2.12. The third-order valence-electron chi connectivity index (χ3n) is 2.52. The molecule has 0 saturated carbocycles. The second-order valence-corrected chi connectivity index (χ2v) is 3.72. The van der Waals surface area contributed by atoms with Gasteiger partial charge in [-0.1, -0.05) is 0 Å². The number of aromatic hydroxyl groups is 1. The predicted molar refractivity (Wildman–Crippen MR) is 54.6 cm³/mol. The molecule has 0 spiro atoms. The number of phenolic OH excluding ortho intramolecular Hbond substituents is 1. The Bertz CT molecular complexity index is 337. The summed E-state index contributed by atoms with van der Waals surface area (Å²) in [7, 11) is 0. The Morgan fingerprint density at radius 2 is 2.40 bits per heavy atom. The van der Waals surface area contributed by atoms with Gasteiger partial charge in [0.2, 0.25) is 0 Å². The molecule has 2 rings (SSSR count). The molecule has 3 nitrogen and oxygen atoms in total. The fourth-order valence-electron chi connectivity index (χ4n) is 1.69. The van der Waals surface area contributed by atoms with E-state index >= 15 is 0 Å². The van der Waals surface area contributed by atoms with Crippen LogP contribution in [0.2, 0.25) is 0 Å². The van der Waals surface area contributed by atoms with Crippen molar-refractivity contribution in [1.82, 2.24) is 5.32 Å². The zero-order chi connectivity index (χ0) is 10.7. The normalized spacial score (nSPS) is 20.5. The summed E-state index contributed by atoms with van der Waals surface area (Å²) in [6.07, 6.45) is 2.19. The first kappa shape index (κ1) is 10.2. The van der Waals surface area contributed by atoms with E-state index in [9.17, 15) is 4.39 Å². The average Bonchev–Trinajstić information content (AvgIpc) is 2.72. The minimum Gasteiger partial charge on any atom is -0.508 e. The highest BCUT2D eigenvalue weighted by molar-refractivity contribution is 5.33. The van der Waals surface area contributed by atoms with E-state index in [2.05, 4.69) is 5.32 Å². The predicted octanol–water partition coefficient (Wildman–Crippen LogP) is 1.66. The molecule has 1 saturated heterocycles. The van der Waals surface area contributed by atoms with Crippen molar-refractivity contribution in [2.75, 3.05) is 13.2 Å². The van der Waals surface area contributed by atoms with Gasteiger partial charge < -0.3 is 15.2 Å². The van der Waals surface area contributed by atoms with Crippen LogP contribution in [0.3, 0.4) is 0 Å². The standard InChI is InChI=1S/C11H14FNO2/c12-10-4-3-9(14)6-11(10)15-7-8-2-1-5-13-8/h3-4,6,8,13-14H,1-2,5,7H2. The Kier molecular flexibility index (Phi) is 3.06. The van der Waals surface area contributed by atoms with Crippen molar-refractivity contribution in [3.63, 3.8) is 0 Å². The van der Waals surface area contributed by atoms with Crippen LogP contribution in [-0.2, 0) is 0 Å². The van der Waals surface area contributed by atoms with E-state index in [0.29, 0.717) is 12.6 Å². The molecule has 2 N–H and O–H groups in total. The molecule has 0 bridgehead atoms. The van der Waals surface area contributed by atoms with Crippen LogP contribution in [0.5, 0.6) is 11.5 Å². The van der Waals surface area contributed by atoms with Gasteiger partial charge in [0, 0.05) is 12.1 Å². The molecule has 1 heterocycles. The van der Waals surface area contributed by atoms with Gasteiger partial charge in [0.15, 0.2) is 11.6 Å². The van der Waals surface area contributed by atoms with Crippen LogP contribution in [0, 0.1) is 5.82 Å². The topological polar surface area (TPSA) is 41.5 Å². The number of nitrogens with one attached hydrogen (secondary N) is 1. The monoisotopic (exact) mass is 211 g/mol. The number of hydrogen-bond donors (Lipinski definition) is 2. The Labute approximate surface area is 87.9 Å². The molecular formula is C11H14FNO2. The molecule has 4 heteroatoms. The highest BCUT2D eigenvalue weighted by Gasteiger charge is 2.15. The molecular weight excluding hydrogens is 197 g/mol. The molecule has 1 aliphatic heterocycles. The van der Waals surface area contributed by atoms with E-state index in [1.54, 1.807) is 0 Å². The van der Waals surface area contributed by atoms with Crippen molar-refractivity contribution in [3.05, 3.63) is 24.0 Å². The van der Waals surface area contributed by atoms with Crippen LogP contribution >= 0.6 is 0 Å². The molecule has 1 aromatic rings. The molecule has 1 fully saturated rings. The van der Waals surface area contributed by atoms with Gasteiger partial charge in [-0.15, -0.1) is 0 Å². The zero-order valence-corrected chi connectivity index (χ0v) is 8.37. The third kappa shape index (κ3) is 2.59. The van der Waals surface area contributed by atoms with Gasteiger partial charge in [0.1, 0.15) is 12.4 Å². The van der Waals surface area contributed by atoms with Crippen LogP contribution in [0.4, 0.5) is 4.39 Å². The van der Waals surface area contributed by atoms with E-state index in [-0.39, 0.29) is 11.5 Å². The summed E-state index contributed by atoms with van der Waals surface area (Å²) in [6.45, 7) is 1.44. The summed E-state index contributed by atoms with van der Waals surface area (Å²) in [5.41, 5.74) is 0. The van der Waals surface area contributed by atoms with Crippen LogP contribution in [0.15, 0.2) is 18.2 Å². The van der Waals surface area contributed by atoms with E-state index in [1.807, 2.05) is 0 Å². The average molecular weight is 211 g/mol. The van der Waals surface area contributed by atoms with Crippen LogP contribution in [0.25, 0.3) is 0 Å². The number of phenols is 1. The SMILES string of the molecule is Oc1ccc(F)c(OCC2CCCN2)c1. The highest BCUT2D eigenvalue weighted by atomic mass is 19.1. The maximum atomic E-state index is 13.2. The number of benzene rings is 1. The summed E-state index contributed by atoms with van der Waals surface area (Å²) in [4.78, 5) is 0. The van der Waals surface area contributed by atoms with Crippen LogP contribution in [0.1, 0.15) is 12.8 Å². The number of halogens is 1. The minimum atomic E-state index is -0.439. The van der Waals surface area contributed by atoms with Crippen molar-refractivity contribution in [2.45, 2.75) is 18.9 Å². The first-order valence-corrected chi connectivity index (χ1v) is 5.10. The highest BCUT2D eigenvalue weighted by Crippen LogP contribution is 2.22. The summed E-state index contributed by atoms with van der Waals surface area (Å²) in [5.74, 6) is -0.305. The fourth-order valence-corrected chi connectivity index (χ4v) is 1.69. The first-order chi connectivity index (χ1) is 7.25. The lowest BCUT2D eigenvalue weighted by atomic mass is 10.2. The molecule has 1 aromatic carbocycles. The molecule has 1 atom stereocenters. The number of ether oxygens (including phenoxy) is 1. The van der Waals surface area contributed by atoms with Crippen LogP contribution in [-0.4, -0.2) is 24.3 Å². The molecule has 0 amide bonds. The minimum absolute atomic E-state index is 0.0192. The van der Waals surface area contributed by atoms with Gasteiger partial charge >= 0.3 is 0 Å². The molecule has 1 unspecified atom stereocenters. The number of hydrogen-bond acceptors (Lipinski definition) is 3. The van der Waals surface area contributed by atoms with Crippen molar-refractivity contribution in [1.29, 1.82) is 0 Å². The van der Waals surface area contributed by atoms with Crippen molar-refractivity contribution in [3.8, 4) is 11.5 Å². The lowest BCUT2D eigenvalue weighted by molar-refractivity contribution is 0.264. The zero-order valence-electron chi connectivity index (χ0n) is 8.37. The molecule has 0 aromatic heterocycles. The van der Waals surface area contributed by atoms with E-state index in [4.69, 9.17) is 9.84 Å². The molecule has 82 valence electrons. The molecule has 15 heavy (non-hydrogen) atoms. The second kappa shape index (κ2) is 4.49. The van der Waals surface area contributed by atoms with Crippen molar-refractivity contribution in [2.24, 2.45) is 0 Å². The van der Waals surface area contributed by atoms with Gasteiger partial charge in [0.05, 0.1) is 0 Å². The summed E-state index contributed by atoms with van der Waals surface area (Å²) < 4.78 is 18.5. The summed E-state index contributed by atoms with van der Waals surface area (Å²) in [6, 6.07) is 4.10. The Morgan fingerprint density at radius 1 is 1.53 bits per heavy atom. The fraction of sp³-hybridized carbons (Fsp3) is 0.455. The first-order valence-electron chi connectivity index (χ1n) is 5.10. The van der Waals surface area contributed by atoms with Gasteiger partial charge in [-0.05, 0) is 31.5 Å². The number of rotatable bonds is 3. The van der Waals surface area contributed by atoms with Gasteiger partial charge in [0.25, 0.3) is 0 Å². The molecule has 0 aliphatic carbocycles. The maximum absolute atomic E-state index is 13.2. The summed E-state index contributed by atoms with van der Waals surface area (Å²) >= 11 is 0. The lowest BCUT2D eigenvalue weighted by Crippen LogP contribution is -2.28. The quantitative estimate of drug-likeness (QED) is 0.799. The summed E-state index contributed by atoms with van der Waals surface area (Å²) in [5, 5.41) is 12.4. The van der Waals surface area contributed by atoms with Gasteiger partial charge in [-0.3, -0.25) is 0 Å². The largest absolute Gasteiger partial charge is 0.508 e. The Morgan fingerprint density at radius 3 is 3.13 bits per heavy atom. The van der Waals surface area contributed by atoms with E-state index < -0.39 is 5.82 Å². The molecule has 0 radical (unpaired) electrons. The maximum Gasteiger partial charge on any atom is 0.165 e. The Balaban J connectivity index is 1.94. The van der Waals surface area contributed by atoms with Crippen LogP contribution < -0.4 is 10.1 Å². The van der Waals surface area contributed by atoms with E-state index in [1.165, 1.54) is 18.2 Å². The third-order valence-corrected chi connectivity index (χ3v) is 2.52. The van der Waals surface area contributed by atoms with Crippen molar-refractivity contribution >= 4 is 0 Å². The molecule has 1 aliphatic rings. The second-order valence-electron chi connectivity index (χ2n) is 3.72. The van der Waals surface area contributed by atoms with Gasteiger partial charge in [-0.2, -0.15) is 0 Å². The van der Waals surface area contributed by atoms with Crippen molar-refractivity contribution < 1.29 is 14.2 Å². The smallest absolute Gasteiger partial charge is 0.165 e. The Hall–Kier alpha value is -1.29. The van der Waals surface area contributed by atoms with Gasteiger partial charge in [-0.25, -0.2) is 4.39 Å². The van der Waals surface area contributed by atoms with E-state index in [0.717, 1.165) is 19.4 Å².